The van der Waals surface area contributed by atoms with Crippen molar-refractivity contribution in [1.29, 1.82) is 0 Å². The van der Waals surface area contributed by atoms with Gasteiger partial charge in [-0.1, -0.05) is 12.8 Å². The van der Waals surface area contributed by atoms with Crippen molar-refractivity contribution < 1.29 is 18.0 Å². The third-order valence-corrected chi connectivity index (χ3v) is 8.98. The molecular formula is C22H27N3O4S2. The molecule has 0 radical (unpaired) electrons. The van der Waals surface area contributed by atoms with Crippen LogP contribution in [-0.2, 0) is 22.9 Å². The number of hydrogen-bond donors (Lipinski definition) is 2. The van der Waals surface area contributed by atoms with Crippen molar-refractivity contribution in [2.75, 3.05) is 13.1 Å². The fourth-order valence-corrected chi connectivity index (χ4v) is 6.73. The van der Waals surface area contributed by atoms with Crippen LogP contribution >= 0.6 is 11.3 Å². The highest BCUT2D eigenvalue weighted by Crippen LogP contribution is 2.28. The molecule has 2 heterocycles. The molecule has 2 aromatic rings. The largest absolute Gasteiger partial charge is 0.279 e. The Morgan fingerprint density at radius 1 is 0.839 bits per heavy atom. The van der Waals surface area contributed by atoms with Crippen LogP contribution in [-0.4, -0.2) is 37.6 Å². The summed E-state index contributed by atoms with van der Waals surface area (Å²) < 4.78 is 26.6. The first kappa shape index (κ1) is 22.0. The second kappa shape index (κ2) is 9.50. The summed E-state index contributed by atoms with van der Waals surface area (Å²) in [6.45, 7) is 1.06. The Balaban J connectivity index is 1.36. The molecule has 1 aromatic carbocycles. The number of rotatable bonds is 4. The lowest BCUT2D eigenvalue weighted by molar-refractivity contribution is 0.0849. The molecule has 0 saturated carbocycles. The summed E-state index contributed by atoms with van der Waals surface area (Å²) in [5, 5.41) is 0. The van der Waals surface area contributed by atoms with Crippen molar-refractivity contribution in [3.8, 4) is 0 Å². The number of nitrogens with one attached hydrogen (secondary N) is 2. The number of nitrogens with zero attached hydrogens (tertiary/aromatic N) is 1. The van der Waals surface area contributed by atoms with E-state index in [4.69, 9.17) is 0 Å². The first-order valence-corrected chi connectivity index (χ1v) is 13.0. The van der Waals surface area contributed by atoms with Crippen LogP contribution in [0.4, 0.5) is 0 Å². The van der Waals surface area contributed by atoms with Gasteiger partial charge >= 0.3 is 0 Å². The Hall–Kier alpha value is -2.23. The van der Waals surface area contributed by atoms with Crippen molar-refractivity contribution in [2.45, 2.75) is 56.3 Å². The fourth-order valence-electron chi connectivity index (χ4n) is 4.06. The normalized spacial score (nSPS) is 17.4. The number of carbonyl (C=O) groups is 2. The van der Waals surface area contributed by atoms with Gasteiger partial charge in [-0.25, -0.2) is 8.42 Å². The summed E-state index contributed by atoms with van der Waals surface area (Å²) in [6.07, 6.45) is 8.49. The van der Waals surface area contributed by atoms with Crippen LogP contribution in [0.3, 0.4) is 0 Å². The molecule has 31 heavy (non-hydrogen) atoms. The van der Waals surface area contributed by atoms with Crippen molar-refractivity contribution in [1.82, 2.24) is 15.2 Å². The molecule has 9 heteroatoms. The fraction of sp³-hybridized carbons (Fsp3) is 0.455. The van der Waals surface area contributed by atoms with Crippen molar-refractivity contribution in [3.63, 3.8) is 0 Å². The van der Waals surface area contributed by atoms with Gasteiger partial charge in [0.1, 0.15) is 0 Å². The number of amides is 2. The average molecular weight is 462 g/mol. The number of hydrazine groups is 1. The van der Waals surface area contributed by atoms with Gasteiger partial charge in [0.05, 0.1) is 9.77 Å². The van der Waals surface area contributed by atoms with E-state index in [-0.39, 0.29) is 16.4 Å². The van der Waals surface area contributed by atoms with Crippen LogP contribution in [0.5, 0.6) is 0 Å². The Morgan fingerprint density at radius 2 is 1.48 bits per heavy atom. The van der Waals surface area contributed by atoms with Gasteiger partial charge in [-0.15, -0.1) is 11.3 Å². The SMILES string of the molecule is O=C(NNC(=O)c1cc2c(s1)CCCCCC2)c1ccc(S(=O)(=O)N2CCCC2)cc1. The van der Waals surface area contributed by atoms with Crippen LogP contribution in [0.25, 0.3) is 0 Å². The topological polar surface area (TPSA) is 95.6 Å². The lowest BCUT2D eigenvalue weighted by Gasteiger charge is -2.15. The van der Waals surface area contributed by atoms with Crippen molar-refractivity contribution in [3.05, 3.63) is 51.2 Å². The third-order valence-electron chi connectivity index (χ3n) is 5.83. The molecule has 1 saturated heterocycles. The van der Waals surface area contributed by atoms with Crippen LogP contribution in [0, 0.1) is 0 Å². The third kappa shape index (κ3) is 4.99. The molecule has 2 N–H and O–H groups in total. The van der Waals surface area contributed by atoms with E-state index in [0.29, 0.717) is 18.0 Å². The summed E-state index contributed by atoms with van der Waals surface area (Å²) in [5.41, 5.74) is 6.42. The second-order valence-electron chi connectivity index (χ2n) is 8.02. The maximum atomic E-state index is 12.6. The predicted molar refractivity (Wildman–Crippen MR) is 120 cm³/mol. The van der Waals surface area contributed by atoms with Gasteiger partial charge in [0.15, 0.2) is 0 Å². The van der Waals surface area contributed by atoms with Gasteiger partial charge in [-0.05, 0) is 74.4 Å². The first-order valence-electron chi connectivity index (χ1n) is 10.8. The lowest BCUT2D eigenvalue weighted by atomic mass is 10.00. The average Bonchev–Trinajstić information content (AvgIpc) is 3.43. The molecule has 0 atom stereocenters. The molecule has 0 unspecified atom stereocenters. The molecule has 0 bridgehead atoms. The highest BCUT2D eigenvalue weighted by atomic mass is 32.2. The Kier molecular flexibility index (Phi) is 6.74. The van der Waals surface area contributed by atoms with E-state index in [1.807, 2.05) is 6.07 Å². The number of sulfonamides is 1. The van der Waals surface area contributed by atoms with E-state index in [1.165, 1.54) is 63.2 Å². The molecule has 1 aliphatic carbocycles. The standard InChI is InChI=1S/C22H27N3O4S2/c26-21(16-9-11-18(12-10-16)31(28,29)25-13-5-6-14-25)23-24-22(27)20-15-17-7-3-1-2-4-8-19(17)30-20/h9-12,15H,1-8,13-14H2,(H,23,26)(H,24,27). The maximum Gasteiger partial charge on any atom is 0.279 e. The summed E-state index contributed by atoms with van der Waals surface area (Å²) in [7, 11) is -3.52. The molecule has 1 aromatic heterocycles. The monoisotopic (exact) mass is 461 g/mol. The van der Waals surface area contributed by atoms with Gasteiger partial charge in [0.25, 0.3) is 11.8 Å². The highest BCUT2D eigenvalue weighted by molar-refractivity contribution is 7.89. The molecule has 0 spiro atoms. The molecular weight excluding hydrogens is 434 g/mol. The van der Waals surface area contributed by atoms with Gasteiger partial charge in [-0.2, -0.15) is 4.31 Å². The molecule has 1 aliphatic heterocycles. The summed E-state index contributed by atoms with van der Waals surface area (Å²) in [6, 6.07) is 7.72. The van der Waals surface area contributed by atoms with Gasteiger partial charge in [-0.3, -0.25) is 20.4 Å². The number of fused-ring (bicyclic) bond motifs is 1. The molecule has 7 nitrogen and oxygen atoms in total. The number of aryl methyl sites for hydroxylation is 2. The molecule has 2 aliphatic rings. The minimum absolute atomic E-state index is 0.172. The molecule has 2 amide bonds. The summed E-state index contributed by atoms with van der Waals surface area (Å²) in [5.74, 6) is -0.827. The van der Waals surface area contributed by atoms with Gasteiger partial charge in [0.2, 0.25) is 10.0 Å². The molecule has 4 rings (SSSR count). The quantitative estimate of drug-likeness (QED) is 0.683. The van der Waals surface area contributed by atoms with E-state index in [1.54, 1.807) is 0 Å². The van der Waals surface area contributed by atoms with Crippen LogP contribution in [0.15, 0.2) is 35.2 Å². The number of thiophene rings is 1. The lowest BCUT2D eigenvalue weighted by Crippen LogP contribution is -2.41. The van der Waals surface area contributed by atoms with E-state index in [9.17, 15) is 18.0 Å². The van der Waals surface area contributed by atoms with Crippen LogP contribution < -0.4 is 10.9 Å². The minimum Gasteiger partial charge on any atom is -0.267 e. The number of carbonyl (C=O) groups excluding carboxylic acids is 2. The van der Waals surface area contributed by atoms with E-state index >= 15 is 0 Å². The van der Waals surface area contributed by atoms with Crippen LogP contribution in [0.1, 0.15) is 69.0 Å². The zero-order chi connectivity index (χ0) is 21.8. The maximum absolute atomic E-state index is 12.6. The zero-order valence-corrected chi connectivity index (χ0v) is 19.0. The Labute approximate surface area is 186 Å². The first-order chi connectivity index (χ1) is 14.9. The number of benzene rings is 1. The van der Waals surface area contributed by atoms with Crippen LogP contribution in [0.2, 0.25) is 0 Å². The minimum atomic E-state index is -3.52. The Morgan fingerprint density at radius 3 is 2.19 bits per heavy atom. The van der Waals surface area contributed by atoms with E-state index in [2.05, 4.69) is 10.9 Å². The van der Waals surface area contributed by atoms with Gasteiger partial charge < -0.3 is 0 Å². The second-order valence-corrected chi connectivity index (χ2v) is 11.1. The summed E-state index contributed by atoms with van der Waals surface area (Å²) >= 11 is 1.50. The van der Waals surface area contributed by atoms with Crippen molar-refractivity contribution >= 4 is 33.2 Å². The predicted octanol–water partition coefficient (Wildman–Crippen LogP) is 3.27. The number of hydrogen-bond acceptors (Lipinski definition) is 5. The Bertz CT molecular complexity index is 1030. The highest BCUT2D eigenvalue weighted by Gasteiger charge is 2.27. The van der Waals surface area contributed by atoms with E-state index in [0.717, 1.165) is 38.5 Å². The van der Waals surface area contributed by atoms with E-state index < -0.39 is 15.9 Å². The smallest absolute Gasteiger partial charge is 0.267 e. The van der Waals surface area contributed by atoms with Crippen molar-refractivity contribution in [2.24, 2.45) is 0 Å². The summed E-state index contributed by atoms with van der Waals surface area (Å²) in [4.78, 5) is 26.9. The van der Waals surface area contributed by atoms with Gasteiger partial charge in [0, 0.05) is 23.5 Å². The molecule has 1 fully saturated rings. The zero-order valence-electron chi connectivity index (χ0n) is 17.4. The molecule has 166 valence electrons.